The van der Waals surface area contributed by atoms with Gasteiger partial charge in [-0.15, -0.1) is 0 Å². The molecule has 0 spiro atoms. The number of benzene rings is 1. The van der Waals surface area contributed by atoms with Gasteiger partial charge in [0.25, 0.3) is 5.91 Å². The molecule has 146 valence electrons. The van der Waals surface area contributed by atoms with E-state index in [2.05, 4.69) is 5.32 Å². The van der Waals surface area contributed by atoms with Gasteiger partial charge in [-0.2, -0.15) is 4.31 Å². The van der Waals surface area contributed by atoms with Crippen LogP contribution in [0.4, 0.5) is 0 Å². The molecule has 0 saturated heterocycles. The quantitative estimate of drug-likeness (QED) is 0.698. The highest BCUT2D eigenvalue weighted by atomic mass is 32.2. The molecule has 0 bridgehead atoms. The van der Waals surface area contributed by atoms with Crippen LogP contribution in [0, 0.1) is 0 Å². The van der Waals surface area contributed by atoms with Gasteiger partial charge in [-0.05, 0) is 11.6 Å². The Balaban J connectivity index is 2.32. The molecule has 0 radical (unpaired) electrons. The van der Waals surface area contributed by atoms with E-state index in [1.165, 1.54) is 21.1 Å². The van der Waals surface area contributed by atoms with Gasteiger partial charge < -0.3 is 15.6 Å². The molecule has 1 heterocycles. The molecular weight excluding hydrogens is 368 g/mol. The van der Waals surface area contributed by atoms with Gasteiger partial charge in [0.2, 0.25) is 15.9 Å². The molecule has 2 rings (SSSR count). The first-order valence-corrected chi connectivity index (χ1v) is 9.98. The van der Waals surface area contributed by atoms with E-state index in [0.29, 0.717) is 18.7 Å². The number of carbonyl (C=O) groups excluding carboxylic acids is 2. The first-order valence-electron chi connectivity index (χ1n) is 8.54. The summed E-state index contributed by atoms with van der Waals surface area (Å²) in [5, 5.41) is 2.57. The van der Waals surface area contributed by atoms with Gasteiger partial charge in [-0.3, -0.25) is 9.59 Å². The molecule has 9 heteroatoms. The van der Waals surface area contributed by atoms with Crippen molar-refractivity contribution in [1.82, 2.24) is 14.2 Å². The Morgan fingerprint density at radius 2 is 1.78 bits per heavy atom. The number of amides is 2. The summed E-state index contributed by atoms with van der Waals surface area (Å²) >= 11 is 0. The molecular formula is C18H24N4O4S. The lowest BCUT2D eigenvalue weighted by Crippen LogP contribution is -2.38. The van der Waals surface area contributed by atoms with Gasteiger partial charge >= 0.3 is 0 Å². The number of nitrogens with two attached hydrogens (primary N) is 1. The molecule has 0 aliphatic carbocycles. The number of primary amides is 1. The Labute approximate surface area is 159 Å². The number of rotatable bonds is 8. The van der Waals surface area contributed by atoms with E-state index < -0.39 is 27.9 Å². The minimum atomic E-state index is -3.69. The number of hydrogen-bond acceptors (Lipinski definition) is 4. The number of sulfonamides is 1. The summed E-state index contributed by atoms with van der Waals surface area (Å²) in [6, 6.07) is 8.88. The number of carbonyl (C=O) groups is 2. The molecule has 8 nitrogen and oxygen atoms in total. The molecule has 1 aromatic heterocycles. The van der Waals surface area contributed by atoms with Crippen molar-refractivity contribution >= 4 is 21.8 Å². The Hall–Kier alpha value is -2.65. The van der Waals surface area contributed by atoms with Crippen molar-refractivity contribution < 1.29 is 18.0 Å². The molecule has 0 saturated carbocycles. The zero-order chi connectivity index (χ0) is 20.2. The van der Waals surface area contributed by atoms with Crippen LogP contribution < -0.4 is 11.1 Å². The summed E-state index contributed by atoms with van der Waals surface area (Å²) < 4.78 is 28.0. The van der Waals surface area contributed by atoms with Crippen molar-refractivity contribution in [3.8, 4) is 0 Å². The number of nitrogens with zero attached hydrogens (tertiary/aromatic N) is 2. The lowest BCUT2D eigenvalue weighted by atomic mass is 10.1. The van der Waals surface area contributed by atoms with E-state index in [0.717, 1.165) is 0 Å². The van der Waals surface area contributed by atoms with Crippen LogP contribution in [0.3, 0.4) is 0 Å². The van der Waals surface area contributed by atoms with Crippen molar-refractivity contribution in [1.29, 1.82) is 0 Å². The molecule has 0 fully saturated rings. The third-order valence-corrected chi connectivity index (χ3v) is 6.26. The first kappa shape index (κ1) is 20.7. The normalized spacial score (nSPS) is 12.7. The lowest BCUT2D eigenvalue weighted by molar-refractivity contribution is -0.120. The van der Waals surface area contributed by atoms with Crippen LogP contribution in [0.15, 0.2) is 47.5 Å². The fourth-order valence-corrected chi connectivity index (χ4v) is 4.31. The molecule has 27 heavy (non-hydrogen) atoms. The van der Waals surface area contributed by atoms with Gasteiger partial charge in [0, 0.05) is 26.3 Å². The average Bonchev–Trinajstić information content (AvgIpc) is 3.03. The molecule has 2 aromatic rings. The summed E-state index contributed by atoms with van der Waals surface area (Å²) in [6.07, 6.45) is 1.38. The maximum Gasteiger partial charge on any atom is 0.268 e. The van der Waals surface area contributed by atoms with E-state index >= 15 is 0 Å². The molecule has 1 atom stereocenters. The van der Waals surface area contributed by atoms with Crippen LogP contribution in [-0.4, -0.2) is 42.2 Å². The molecule has 3 N–H and O–H groups in total. The van der Waals surface area contributed by atoms with Crippen LogP contribution in [0.1, 0.15) is 35.9 Å². The van der Waals surface area contributed by atoms with Gasteiger partial charge in [0.1, 0.15) is 16.6 Å². The smallest absolute Gasteiger partial charge is 0.268 e. The highest BCUT2D eigenvalue weighted by molar-refractivity contribution is 7.89. The van der Waals surface area contributed by atoms with Crippen molar-refractivity contribution in [2.24, 2.45) is 12.8 Å². The number of aromatic nitrogens is 1. The maximum absolute atomic E-state index is 12.7. The Morgan fingerprint density at radius 3 is 2.30 bits per heavy atom. The van der Waals surface area contributed by atoms with Gasteiger partial charge in [-0.25, -0.2) is 8.42 Å². The standard InChI is InChI=1S/C18H24N4O4S/c1-4-22(5-2)27(25,26)14-11-15(21(3)12-14)18(24)20-16(17(19)23)13-9-7-6-8-10-13/h6-12,16H,4-5H2,1-3H3,(H2,19,23)(H,20,24). The third-order valence-electron chi connectivity index (χ3n) is 4.25. The second kappa shape index (κ2) is 8.36. The van der Waals surface area contributed by atoms with E-state index in [9.17, 15) is 18.0 Å². The van der Waals surface area contributed by atoms with Crippen molar-refractivity contribution in [2.75, 3.05) is 13.1 Å². The number of aryl methyl sites for hydroxylation is 1. The van der Waals surface area contributed by atoms with E-state index in [1.807, 2.05) is 0 Å². The summed E-state index contributed by atoms with van der Waals surface area (Å²) in [7, 11) is -2.13. The van der Waals surface area contributed by atoms with E-state index in [4.69, 9.17) is 5.73 Å². The van der Waals surface area contributed by atoms with Crippen LogP contribution in [0.2, 0.25) is 0 Å². The summed E-state index contributed by atoms with van der Waals surface area (Å²) in [4.78, 5) is 24.5. The van der Waals surface area contributed by atoms with Gasteiger partial charge in [0.05, 0.1) is 0 Å². The third kappa shape index (κ3) is 4.37. The van der Waals surface area contributed by atoms with Crippen molar-refractivity contribution in [3.05, 3.63) is 53.9 Å². The van der Waals surface area contributed by atoms with Crippen molar-refractivity contribution in [3.63, 3.8) is 0 Å². The predicted octanol–water partition coefficient (Wildman–Crippen LogP) is 1.01. The average molecular weight is 392 g/mol. The number of hydrogen-bond donors (Lipinski definition) is 2. The second-order valence-corrected chi connectivity index (χ2v) is 7.92. The van der Waals surface area contributed by atoms with Gasteiger partial charge in [0.15, 0.2) is 0 Å². The highest BCUT2D eigenvalue weighted by Crippen LogP contribution is 2.19. The lowest BCUT2D eigenvalue weighted by Gasteiger charge is -2.17. The van der Waals surface area contributed by atoms with Crippen LogP contribution in [0.25, 0.3) is 0 Å². The Bertz CT molecular complexity index is 918. The minimum absolute atomic E-state index is 0.0224. The number of nitrogens with one attached hydrogen (secondary N) is 1. The Kier molecular flexibility index (Phi) is 6.40. The summed E-state index contributed by atoms with van der Waals surface area (Å²) in [5.74, 6) is -1.30. The van der Waals surface area contributed by atoms with Crippen LogP contribution >= 0.6 is 0 Å². The summed E-state index contributed by atoms with van der Waals surface area (Å²) in [6.45, 7) is 4.14. The first-order chi connectivity index (χ1) is 12.7. The summed E-state index contributed by atoms with van der Waals surface area (Å²) in [5.41, 5.74) is 6.08. The fraction of sp³-hybridized carbons (Fsp3) is 0.333. The molecule has 0 aliphatic rings. The topological polar surface area (TPSA) is 114 Å². The SMILES string of the molecule is CCN(CC)S(=O)(=O)c1cc(C(=O)NC(C(N)=O)c2ccccc2)n(C)c1. The second-order valence-electron chi connectivity index (χ2n) is 5.98. The van der Waals surface area contributed by atoms with Gasteiger partial charge in [-0.1, -0.05) is 44.2 Å². The predicted molar refractivity (Wildman–Crippen MR) is 101 cm³/mol. The largest absolute Gasteiger partial charge is 0.368 e. The maximum atomic E-state index is 12.7. The van der Waals surface area contributed by atoms with E-state index in [-0.39, 0.29) is 10.6 Å². The highest BCUT2D eigenvalue weighted by Gasteiger charge is 2.27. The monoisotopic (exact) mass is 392 g/mol. The fourth-order valence-electron chi connectivity index (χ4n) is 2.78. The van der Waals surface area contributed by atoms with Crippen LogP contribution in [0.5, 0.6) is 0 Å². The molecule has 0 aliphatic heterocycles. The Morgan fingerprint density at radius 1 is 1.19 bits per heavy atom. The van der Waals surface area contributed by atoms with Crippen LogP contribution in [-0.2, 0) is 21.9 Å². The minimum Gasteiger partial charge on any atom is -0.368 e. The molecule has 2 amide bonds. The zero-order valence-electron chi connectivity index (χ0n) is 15.5. The van der Waals surface area contributed by atoms with Crippen molar-refractivity contribution in [2.45, 2.75) is 24.8 Å². The molecule has 1 unspecified atom stereocenters. The molecule has 1 aromatic carbocycles. The van der Waals surface area contributed by atoms with E-state index in [1.54, 1.807) is 51.2 Å². The zero-order valence-corrected chi connectivity index (χ0v) is 16.4.